The fraction of sp³-hybridized carbons (Fsp3) is 0.480. The van der Waals surface area contributed by atoms with Gasteiger partial charge in [-0.05, 0) is 38.3 Å². The van der Waals surface area contributed by atoms with E-state index in [1.807, 2.05) is 54.9 Å². The number of rotatable bonds is 9. The number of alkyl halides is 3. The summed E-state index contributed by atoms with van der Waals surface area (Å²) in [7, 11) is 1.54. The molecule has 0 spiro atoms. The number of hydrogen-bond donors (Lipinski definition) is 1. The van der Waals surface area contributed by atoms with Crippen LogP contribution in [0.5, 0.6) is 5.88 Å². The molecule has 1 aromatic carbocycles. The maximum absolute atomic E-state index is 13.0. The molecule has 190 valence electrons. The van der Waals surface area contributed by atoms with Crippen molar-refractivity contribution in [1.82, 2.24) is 24.6 Å². The Hall–Kier alpha value is -3.30. The summed E-state index contributed by atoms with van der Waals surface area (Å²) in [5, 5.41) is 2.80. The minimum Gasteiger partial charge on any atom is -0.478 e. The molecule has 2 heterocycles. The van der Waals surface area contributed by atoms with Crippen LogP contribution in [0.15, 0.2) is 42.9 Å². The highest BCUT2D eigenvalue weighted by Gasteiger charge is 2.37. The molecule has 0 bridgehead atoms. The molecular formula is C25H32F3N5O2. The van der Waals surface area contributed by atoms with Gasteiger partial charge in [-0.1, -0.05) is 32.0 Å². The summed E-state index contributed by atoms with van der Waals surface area (Å²) >= 11 is 0. The van der Waals surface area contributed by atoms with Crippen molar-refractivity contribution >= 4 is 11.7 Å². The summed E-state index contributed by atoms with van der Waals surface area (Å²) < 4.78 is 46.2. The molecule has 0 aliphatic rings. The lowest BCUT2D eigenvalue weighted by atomic mass is 9.99. The third-order valence-corrected chi connectivity index (χ3v) is 6.29. The number of fused-ring (bicyclic) bond motifs is 1. The first-order valence-electron chi connectivity index (χ1n) is 11.7. The number of ether oxygens (including phenoxy) is 1. The van der Waals surface area contributed by atoms with Gasteiger partial charge in [-0.3, -0.25) is 0 Å². The van der Waals surface area contributed by atoms with Gasteiger partial charge in [0.2, 0.25) is 0 Å². The lowest BCUT2D eigenvalue weighted by Gasteiger charge is -2.31. The molecule has 3 atom stereocenters. The summed E-state index contributed by atoms with van der Waals surface area (Å²) in [4.78, 5) is 23.5. The highest BCUT2D eigenvalue weighted by Crippen LogP contribution is 2.30. The topological polar surface area (TPSA) is 71.8 Å². The minimum absolute atomic E-state index is 0.155. The Bertz CT molecular complexity index is 1150. The maximum atomic E-state index is 13.0. The van der Waals surface area contributed by atoms with E-state index >= 15 is 0 Å². The Kier molecular flexibility index (Phi) is 8.24. The van der Waals surface area contributed by atoms with Crippen LogP contribution in [0.1, 0.15) is 52.1 Å². The number of methoxy groups -OCH3 is 1. The second-order valence-corrected chi connectivity index (χ2v) is 8.61. The number of nitrogens with zero attached hydrogens (tertiary/aromatic N) is 4. The van der Waals surface area contributed by atoms with Crippen molar-refractivity contribution in [3.05, 3.63) is 48.4 Å². The molecule has 0 radical (unpaired) electrons. The molecular weight excluding hydrogens is 459 g/mol. The Labute approximate surface area is 203 Å². The molecule has 3 rings (SSSR count). The zero-order chi connectivity index (χ0) is 25.8. The Morgan fingerprint density at radius 3 is 2.63 bits per heavy atom. The summed E-state index contributed by atoms with van der Waals surface area (Å²) in [5.41, 5.74) is 3.01. The number of halogens is 3. The van der Waals surface area contributed by atoms with E-state index in [0.717, 1.165) is 18.1 Å². The van der Waals surface area contributed by atoms with Gasteiger partial charge >= 0.3 is 12.2 Å². The number of carbonyl (C=O) groups excluding carboxylic acids is 1. The van der Waals surface area contributed by atoms with Gasteiger partial charge in [-0.2, -0.15) is 13.2 Å². The summed E-state index contributed by atoms with van der Waals surface area (Å²) in [6, 6.07) is 6.42. The smallest absolute Gasteiger partial charge is 0.391 e. The summed E-state index contributed by atoms with van der Waals surface area (Å²) in [6.45, 7) is 7.06. The number of carbonyl (C=O) groups is 1. The van der Waals surface area contributed by atoms with E-state index in [1.54, 1.807) is 18.0 Å². The molecule has 7 nitrogen and oxygen atoms in total. The van der Waals surface area contributed by atoms with E-state index in [9.17, 15) is 18.0 Å². The van der Waals surface area contributed by atoms with Crippen LogP contribution in [-0.4, -0.2) is 51.2 Å². The largest absolute Gasteiger partial charge is 0.478 e. The Morgan fingerprint density at radius 1 is 1.26 bits per heavy atom. The molecule has 0 aliphatic carbocycles. The summed E-state index contributed by atoms with van der Waals surface area (Å²) in [6.07, 6.45) is 1.30. The number of nitrogens with one attached hydrogen (secondary N) is 1. The van der Waals surface area contributed by atoms with Gasteiger partial charge < -0.3 is 19.4 Å². The van der Waals surface area contributed by atoms with Gasteiger partial charge in [0.25, 0.3) is 5.88 Å². The number of hydrogen-bond acceptors (Lipinski definition) is 4. The average Bonchev–Trinajstić information content (AvgIpc) is 3.31. The van der Waals surface area contributed by atoms with Crippen molar-refractivity contribution in [2.75, 3.05) is 13.7 Å². The first-order chi connectivity index (χ1) is 16.6. The van der Waals surface area contributed by atoms with Crippen molar-refractivity contribution in [2.45, 2.75) is 58.8 Å². The Morgan fingerprint density at radius 2 is 2.00 bits per heavy atom. The zero-order valence-corrected chi connectivity index (χ0v) is 20.6. The van der Waals surface area contributed by atoms with E-state index in [0.29, 0.717) is 30.2 Å². The van der Waals surface area contributed by atoms with Gasteiger partial charge in [0.05, 0.1) is 24.8 Å². The molecule has 35 heavy (non-hydrogen) atoms. The highest BCUT2D eigenvalue weighted by molar-refractivity contribution is 5.75. The molecule has 2 aromatic heterocycles. The van der Waals surface area contributed by atoms with Crippen molar-refractivity contribution < 1.29 is 22.7 Å². The second kappa shape index (κ2) is 11.0. The van der Waals surface area contributed by atoms with Crippen molar-refractivity contribution in [3.8, 4) is 17.1 Å². The molecule has 0 saturated heterocycles. The van der Waals surface area contributed by atoms with Crippen LogP contribution < -0.4 is 10.1 Å². The number of imidazole rings is 1. The first kappa shape index (κ1) is 26.3. The molecule has 0 aliphatic heterocycles. The van der Waals surface area contributed by atoms with Gasteiger partial charge in [-0.15, -0.1) is 0 Å². The lowest BCUT2D eigenvalue weighted by Crippen LogP contribution is -2.46. The highest BCUT2D eigenvalue weighted by atomic mass is 19.4. The predicted octanol–water partition coefficient (Wildman–Crippen LogP) is 5.86. The second-order valence-electron chi connectivity index (χ2n) is 8.61. The van der Waals surface area contributed by atoms with Crippen LogP contribution in [0.25, 0.3) is 16.9 Å². The molecule has 2 unspecified atom stereocenters. The Balaban J connectivity index is 1.80. The third kappa shape index (κ3) is 6.04. The van der Waals surface area contributed by atoms with Crippen LogP contribution >= 0.6 is 0 Å². The molecule has 3 aromatic rings. The monoisotopic (exact) mass is 491 g/mol. The maximum Gasteiger partial charge on any atom is 0.391 e. The molecule has 0 fully saturated rings. The van der Waals surface area contributed by atoms with Gasteiger partial charge in [-0.25, -0.2) is 14.8 Å². The normalized spacial score (nSPS) is 14.4. The van der Waals surface area contributed by atoms with Crippen molar-refractivity contribution in [1.29, 1.82) is 0 Å². The van der Waals surface area contributed by atoms with E-state index < -0.39 is 18.1 Å². The van der Waals surface area contributed by atoms with Crippen LogP contribution in [0.3, 0.4) is 0 Å². The molecule has 0 saturated carbocycles. The van der Waals surface area contributed by atoms with E-state index in [2.05, 4.69) is 15.3 Å². The fourth-order valence-electron chi connectivity index (χ4n) is 4.06. The lowest BCUT2D eigenvalue weighted by molar-refractivity contribution is -0.172. The quantitative estimate of drug-likeness (QED) is 0.407. The van der Waals surface area contributed by atoms with Crippen molar-refractivity contribution in [2.24, 2.45) is 5.92 Å². The molecule has 1 N–H and O–H groups in total. The SMILES string of the molecule is CCC(CC(C)C(F)(F)F)NC(=O)N(CC)[C@H](C)c1cccc(-c2cn3ccnc3c(OC)n2)c1. The number of benzene rings is 1. The standard InChI is InChI=1S/C25H32F3N5O2/c1-6-20(13-16(3)25(26,27)28)30-24(34)33(7-2)17(4)18-9-8-10-19(14-18)21-15-32-12-11-29-22(32)23(31-21)35-5/h8-12,14-17,20H,6-7,13H2,1-5H3,(H,30,34)/t16?,17-,20?/m1/s1. The van der Waals surface area contributed by atoms with Crippen LogP contribution in [0, 0.1) is 5.92 Å². The van der Waals surface area contributed by atoms with E-state index in [-0.39, 0.29) is 18.5 Å². The molecule has 2 amide bonds. The molecule has 10 heteroatoms. The van der Waals surface area contributed by atoms with Crippen LogP contribution in [0.4, 0.5) is 18.0 Å². The van der Waals surface area contributed by atoms with Crippen LogP contribution in [0.2, 0.25) is 0 Å². The average molecular weight is 492 g/mol. The van der Waals surface area contributed by atoms with Crippen molar-refractivity contribution in [3.63, 3.8) is 0 Å². The van der Waals surface area contributed by atoms with E-state index in [1.165, 1.54) is 7.11 Å². The first-order valence-corrected chi connectivity index (χ1v) is 11.7. The third-order valence-electron chi connectivity index (χ3n) is 6.29. The number of aromatic nitrogens is 3. The minimum atomic E-state index is -4.28. The van der Waals surface area contributed by atoms with E-state index in [4.69, 9.17) is 4.74 Å². The van der Waals surface area contributed by atoms with Crippen LogP contribution in [-0.2, 0) is 0 Å². The number of urea groups is 1. The number of amides is 2. The van der Waals surface area contributed by atoms with Gasteiger partial charge in [0.1, 0.15) is 0 Å². The van der Waals surface area contributed by atoms with Gasteiger partial charge in [0, 0.05) is 36.7 Å². The zero-order valence-electron chi connectivity index (χ0n) is 20.6. The van der Waals surface area contributed by atoms with Gasteiger partial charge in [0.15, 0.2) is 5.65 Å². The summed E-state index contributed by atoms with van der Waals surface area (Å²) in [5.74, 6) is -1.09. The fourth-order valence-corrected chi connectivity index (χ4v) is 4.06. The predicted molar refractivity (Wildman–Crippen MR) is 128 cm³/mol.